The topological polar surface area (TPSA) is 49.4 Å². The molecule has 1 aromatic heterocycles. The summed E-state index contributed by atoms with van der Waals surface area (Å²) in [6.45, 7) is 2.52. The molecule has 1 aromatic rings. The number of hydrogen-bond donors (Lipinski definition) is 1. The van der Waals surface area contributed by atoms with E-state index < -0.39 is 23.0 Å². The first kappa shape index (κ1) is 15.5. The molecule has 1 heterocycles. The lowest BCUT2D eigenvalue weighted by Crippen LogP contribution is -2.31. The molecule has 0 unspecified atom stereocenters. The van der Waals surface area contributed by atoms with Crippen LogP contribution in [0.1, 0.15) is 11.8 Å². The van der Waals surface area contributed by atoms with E-state index in [0.29, 0.717) is 10.8 Å². The van der Waals surface area contributed by atoms with E-state index in [1.807, 2.05) is 6.92 Å². The molecule has 0 spiro atoms. The van der Waals surface area contributed by atoms with E-state index in [1.54, 1.807) is 0 Å². The molecule has 0 aliphatic heterocycles. The number of thiophene rings is 1. The van der Waals surface area contributed by atoms with Crippen LogP contribution in [0.3, 0.4) is 0 Å². The van der Waals surface area contributed by atoms with Gasteiger partial charge in [0, 0.05) is 23.8 Å². The zero-order chi connectivity index (χ0) is 13.8. The number of nitrogens with zero attached hydrogens (tertiary/aromatic N) is 1. The minimum Gasteiger partial charge on any atom is -0.312 e. The second-order valence-corrected chi connectivity index (χ2v) is 6.75. The standard InChI is InChI=1S/C10H16F2N2O2S2/c1-3-13-5-8-4-9(7-17-8)18(15,16)14(2)6-10(11)12/h4,7,10,13H,3,5-6H2,1-2H3. The van der Waals surface area contributed by atoms with E-state index in [4.69, 9.17) is 0 Å². The quantitative estimate of drug-likeness (QED) is 0.834. The highest BCUT2D eigenvalue weighted by Crippen LogP contribution is 2.22. The summed E-state index contributed by atoms with van der Waals surface area (Å²) in [5.74, 6) is 0. The molecule has 1 N–H and O–H groups in total. The minimum atomic E-state index is -3.80. The maximum absolute atomic E-state index is 12.2. The summed E-state index contributed by atoms with van der Waals surface area (Å²) >= 11 is 1.30. The predicted molar refractivity (Wildman–Crippen MR) is 67.5 cm³/mol. The second kappa shape index (κ2) is 6.55. The molecular weight excluding hydrogens is 282 g/mol. The molecule has 1 rings (SSSR count). The SMILES string of the molecule is CCNCc1cc(S(=O)(=O)N(C)CC(F)F)cs1. The molecule has 0 aliphatic carbocycles. The highest BCUT2D eigenvalue weighted by Gasteiger charge is 2.24. The number of nitrogens with one attached hydrogen (secondary N) is 1. The van der Waals surface area contributed by atoms with E-state index in [9.17, 15) is 17.2 Å². The first-order chi connectivity index (χ1) is 8.37. The fourth-order valence-electron chi connectivity index (χ4n) is 1.31. The van der Waals surface area contributed by atoms with Gasteiger partial charge in [0.05, 0.1) is 11.4 Å². The van der Waals surface area contributed by atoms with Crippen molar-refractivity contribution in [3.05, 3.63) is 16.3 Å². The predicted octanol–water partition coefficient (Wildman–Crippen LogP) is 1.74. The average Bonchev–Trinajstić information content (AvgIpc) is 2.74. The van der Waals surface area contributed by atoms with Gasteiger partial charge in [0.2, 0.25) is 10.0 Å². The van der Waals surface area contributed by atoms with Crippen LogP contribution < -0.4 is 5.32 Å². The van der Waals surface area contributed by atoms with Crippen LogP contribution in [-0.2, 0) is 16.6 Å². The zero-order valence-electron chi connectivity index (χ0n) is 10.2. The monoisotopic (exact) mass is 298 g/mol. The second-order valence-electron chi connectivity index (χ2n) is 3.71. The average molecular weight is 298 g/mol. The van der Waals surface area contributed by atoms with Gasteiger partial charge in [-0.2, -0.15) is 4.31 Å². The Kier molecular flexibility index (Phi) is 5.64. The third-order valence-corrected chi connectivity index (χ3v) is 5.17. The van der Waals surface area contributed by atoms with Crippen LogP contribution in [0.25, 0.3) is 0 Å². The van der Waals surface area contributed by atoms with E-state index in [2.05, 4.69) is 5.32 Å². The van der Waals surface area contributed by atoms with Crippen molar-refractivity contribution in [2.75, 3.05) is 20.1 Å². The van der Waals surface area contributed by atoms with E-state index in [-0.39, 0.29) is 4.90 Å². The molecule has 0 fully saturated rings. The highest BCUT2D eigenvalue weighted by atomic mass is 32.2. The fraction of sp³-hybridized carbons (Fsp3) is 0.600. The molecule has 18 heavy (non-hydrogen) atoms. The molecule has 0 aliphatic rings. The Morgan fingerprint density at radius 1 is 1.50 bits per heavy atom. The number of rotatable bonds is 7. The Hall–Kier alpha value is -0.570. The molecule has 0 aromatic carbocycles. The Morgan fingerprint density at radius 3 is 2.72 bits per heavy atom. The molecule has 0 amide bonds. The van der Waals surface area contributed by atoms with Crippen molar-refractivity contribution in [2.45, 2.75) is 24.8 Å². The lowest BCUT2D eigenvalue weighted by molar-refractivity contribution is 0.126. The highest BCUT2D eigenvalue weighted by molar-refractivity contribution is 7.89. The smallest absolute Gasteiger partial charge is 0.252 e. The number of sulfonamides is 1. The summed E-state index contributed by atoms with van der Waals surface area (Å²) in [5, 5.41) is 4.55. The lowest BCUT2D eigenvalue weighted by Gasteiger charge is -2.15. The molecule has 0 saturated heterocycles. The first-order valence-electron chi connectivity index (χ1n) is 5.40. The van der Waals surface area contributed by atoms with Crippen LogP contribution in [0, 0.1) is 0 Å². The summed E-state index contributed by atoms with van der Waals surface area (Å²) in [4.78, 5) is 0.935. The van der Waals surface area contributed by atoms with Gasteiger partial charge in [-0.15, -0.1) is 11.3 Å². The molecule has 104 valence electrons. The Bertz CT molecular complexity index is 474. The minimum absolute atomic E-state index is 0.0727. The maximum atomic E-state index is 12.2. The van der Waals surface area contributed by atoms with Crippen molar-refractivity contribution in [1.29, 1.82) is 0 Å². The third-order valence-electron chi connectivity index (χ3n) is 2.28. The van der Waals surface area contributed by atoms with Crippen LogP contribution in [0.2, 0.25) is 0 Å². The third kappa shape index (κ3) is 3.98. The Labute approximate surface area is 110 Å². The van der Waals surface area contributed by atoms with Gasteiger partial charge in [-0.3, -0.25) is 0 Å². The summed E-state index contributed by atoms with van der Waals surface area (Å²) in [7, 11) is -2.65. The van der Waals surface area contributed by atoms with E-state index in [1.165, 1.54) is 22.8 Å². The van der Waals surface area contributed by atoms with E-state index in [0.717, 1.165) is 18.5 Å². The van der Waals surface area contributed by atoms with Crippen molar-refractivity contribution >= 4 is 21.4 Å². The molecule has 0 atom stereocenters. The molecule has 0 bridgehead atoms. The molecule has 4 nitrogen and oxygen atoms in total. The van der Waals surface area contributed by atoms with Crippen LogP contribution in [0.5, 0.6) is 0 Å². The molecular formula is C10H16F2N2O2S2. The van der Waals surface area contributed by atoms with Gasteiger partial charge in [0.25, 0.3) is 6.43 Å². The fourth-order valence-corrected chi connectivity index (χ4v) is 3.69. The number of hydrogen-bond acceptors (Lipinski definition) is 4. The van der Waals surface area contributed by atoms with Crippen LogP contribution in [-0.4, -0.2) is 39.3 Å². The van der Waals surface area contributed by atoms with Gasteiger partial charge >= 0.3 is 0 Å². The summed E-state index contributed by atoms with van der Waals surface area (Å²) in [6.07, 6.45) is -2.68. The number of halogens is 2. The Balaban J connectivity index is 2.81. The number of alkyl halides is 2. The van der Waals surface area contributed by atoms with Gasteiger partial charge in [0.15, 0.2) is 0 Å². The van der Waals surface area contributed by atoms with Crippen molar-refractivity contribution in [3.8, 4) is 0 Å². The van der Waals surface area contributed by atoms with Crippen molar-refractivity contribution in [3.63, 3.8) is 0 Å². The zero-order valence-corrected chi connectivity index (χ0v) is 11.8. The van der Waals surface area contributed by atoms with Gasteiger partial charge in [0.1, 0.15) is 0 Å². The molecule has 8 heteroatoms. The lowest BCUT2D eigenvalue weighted by atomic mass is 10.4. The van der Waals surface area contributed by atoms with Crippen LogP contribution >= 0.6 is 11.3 Å². The van der Waals surface area contributed by atoms with Crippen molar-refractivity contribution in [1.82, 2.24) is 9.62 Å². The molecule has 0 radical (unpaired) electrons. The first-order valence-corrected chi connectivity index (χ1v) is 7.72. The van der Waals surface area contributed by atoms with Crippen molar-refractivity contribution < 1.29 is 17.2 Å². The van der Waals surface area contributed by atoms with E-state index >= 15 is 0 Å². The molecule has 0 saturated carbocycles. The summed E-state index contributed by atoms with van der Waals surface area (Å²) < 4.78 is 48.9. The van der Waals surface area contributed by atoms with Gasteiger partial charge in [-0.25, -0.2) is 17.2 Å². The van der Waals surface area contributed by atoms with Crippen LogP contribution in [0.4, 0.5) is 8.78 Å². The normalized spacial score (nSPS) is 12.6. The Morgan fingerprint density at radius 2 is 2.17 bits per heavy atom. The van der Waals surface area contributed by atoms with Crippen molar-refractivity contribution in [2.24, 2.45) is 0 Å². The maximum Gasteiger partial charge on any atom is 0.252 e. The van der Waals surface area contributed by atoms with Gasteiger partial charge < -0.3 is 5.32 Å². The van der Waals surface area contributed by atoms with Crippen LogP contribution in [0.15, 0.2) is 16.3 Å². The van der Waals surface area contributed by atoms with Gasteiger partial charge in [-0.1, -0.05) is 6.92 Å². The summed E-state index contributed by atoms with van der Waals surface area (Å²) in [6, 6.07) is 1.52. The van der Waals surface area contributed by atoms with Gasteiger partial charge in [-0.05, 0) is 12.6 Å². The largest absolute Gasteiger partial charge is 0.312 e. The summed E-state index contributed by atoms with van der Waals surface area (Å²) in [5.41, 5.74) is 0.